The topological polar surface area (TPSA) is 121 Å². The molecule has 6 rings (SSSR count). The minimum atomic E-state index is -0.973. The standard InChI is InChI=1S/C29H26FN5O4.C3H6O/c1-33-25-15-22(29(37)38)6-7-24(25)32-27(33)17-34-9-11-35(12-10-34)28(36)21-4-2-3-20(13-21)18-39-26-8-5-19(16-31)14-23(26)30;1-2-4-3-1/h2-8,13-15H,9-12,17-18H2,1H3,(H,37,38);1-3H2. The van der Waals surface area contributed by atoms with Crippen LogP contribution in [0.25, 0.3) is 11.0 Å². The average Bonchev–Trinajstić information content (AvgIpc) is 3.29. The number of aromatic nitrogens is 2. The number of hydrogen-bond donors (Lipinski definition) is 1. The zero-order valence-corrected chi connectivity index (χ0v) is 23.8. The summed E-state index contributed by atoms with van der Waals surface area (Å²) in [7, 11) is 1.88. The van der Waals surface area contributed by atoms with Gasteiger partial charge in [-0.2, -0.15) is 5.26 Å². The number of aryl methyl sites for hydroxylation is 1. The van der Waals surface area contributed by atoms with Gasteiger partial charge in [0, 0.05) is 52.0 Å². The smallest absolute Gasteiger partial charge is 0.335 e. The van der Waals surface area contributed by atoms with Crippen molar-refractivity contribution in [2.75, 3.05) is 39.4 Å². The maximum atomic E-state index is 14.1. The molecule has 4 aromatic rings. The van der Waals surface area contributed by atoms with Crippen molar-refractivity contribution in [3.63, 3.8) is 0 Å². The summed E-state index contributed by atoms with van der Waals surface area (Å²) in [5, 5.41) is 18.1. The van der Waals surface area contributed by atoms with Gasteiger partial charge >= 0.3 is 5.97 Å². The molecular formula is C32H32FN5O5. The number of imidazole rings is 1. The maximum Gasteiger partial charge on any atom is 0.335 e. The summed E-state index contributed by atoms with van der Waals surface area (Å²) in [6.07, 6.45) is 1.28. The fraction of sp³-hybridized carbons (Fsp3) is 0.312. The second kappa shape index (κ2) is 13.5. The molecule has 0 spiro atoms. The van der Waals surface area contributed by atoms with Crippen LogP contribution in [0.3, 0.4) is 0 Å². The van der Waals surface area contributed by atoms with Crippen molar-refractivity contribution in [2.45, 2.75) is 19.6 Å². The van der Waals surface area contributed by atoms with Gasteiger partial charge in [0.05, 0.1) is 34.8 Å². The lowest BCUT2D eigenvalue weighted by atomic mass is 10.1. The molecule has 1 N–H and O–H groups in total. The Hall–Kier alpha value is -4.79. The molecule has 2 aliphatic rings. The van der Waals surface area contributed by atoms with E-state index in [1.165, 1.54) is 18.6 Å². The lowest BCUT2D eigenvalue weighted by Crippen LogP contribution is -2.48. The normalized spacial score (nSPS) is 14.8. The molecule has 2 aliphatic heterocycles. The Balaban J connectivity index is 0.000000850. The van der Waals surface area contributed by atoms with Gasteiger partial charge in [-0.1, -0.05) is 12.1 Å². The molecule has 1 aromatic heterocycles. The molecule has 0 radical (unpaired) electrons. The number of halogens is 1. The number of fused-ring (bicyclic) bond motifs is 1. The van der Waals surface area contributed by atoms with Crippen LogP contribution in [0.4, 0.5) is 4.39 Å². The van der Waals surface area contributed by atoms with Gasteiger partial charge in [-0.05, 0) is 60.5 Å². The lowest BCUT2D eigenvalue weighted by molar-refractivity contribution is 0.0367. The number of nitrogens with zero attached hydrogens (tertiary/aromatic N) is 5. The molecule has 3 heterocycles. The van der Waals surface area contributed by atoms with E-state index in [9.17, 15) is 19.1 Å². The molecular weight excluding hydrogens is 553 g/mol. The first kappa shape index (κ1) is 29.7. The van der Waals surface area contributed by atoms with Crippen molar-refractivity contribution >= 4 is 22.9 Å². The summed E-state index contributed by atoms with van der Waals surface area (Å²) in [6.45, 7) is 5.15. The number of carbonyl (C=O) groups excluding carboxylic acids is 1. The third kappa shape index (κ3) is 7.17. The quantitative estimate of drug-likeness (QED) is 0.342. The van der Waals surface area contributed by atoms with Gasteiger partial charge in [0.15, 0.2) is 11.6 Å². The summed E-state index contributed by atoms with van der Waals surface area (Å²) >= 11 is 0. The summed E-state index contributed by atoms with van der Waals surface area (Å²) in [5.74, 6) is -0.782. The average molecular weight is 586 g/mol. The van der Waals surface area contributed by atoms with Crippen molar-refractivity contribution in [3.8, 4) is 11.8 Å². The van der Waals surface area contributed by atoms with E-state index in [4.69, 9.17) is 14.7 Å². The highest BCUT2D eigenvalue weighted by Gasteiger charge is 2.24. The van der Waals surface area contributed by atoms with Gasteiger partial charge in [-0.25, -0.2) is 14.2 Å². The number of piperazine rings is 1. The fourth-order valence-electron chi connectivity index (χ4n) is 4.79. The van der Waals surface area contributed by atoms with Crippen LogP contribution in [0, 0.1) is 17.1 Å². The van der Waals surface area contributed by atoms with Gasteiger partial charge < -0.3 is 24.0 Å². The number of benzene rings is 3. The number of rotatable bonds is 7. The van der Waals surface area contributed by atoms with Gasteiger partial charge in [0.1, 0.15) is 12.4 Å². The number of carbonyl (C=O) groups is 2. The molecule has 43 heavy (non-hydrogen) atoms. The number of carboxylic acid groups (broad SMARTS) is 1. The molecule has 0 aliphatic carbocycles. The number of carboxylic acids is 1. The molecule has 3 aromatic carbocycles. The van der Waals surface area contributed by atoms with Gasteiger partial charge in [0.25, 0.3) is 5.91 Å². The molecule has 2 saturated heterocycles. The van der Waals surface area contributed by atoms with Crippen molar-refractivity contribution in [1.82, 2.24) is 19.4 Å². The molecule has 10 nitrogen and oxygen atoms in total. The van der Waals surface area contributed by atoms with E-state index in [0.717, 1.165) is 41.7 Å². The molecule has 222 valence electrons. The highest BCUT2D eigenvalue weighted by atomic mass is 19.1. The second-order valence-corrected chi connectivity index (χ2v) is 10.4. The molecule has 1 amide bonds. The number of nitriles is 1. The van der Waals surface area contributed by atoms with E-state index >= 15 is 0 Å². The van der Waals surface area contributed by atoms with E-state index in [2.05, 4.69) is 9.88 Å². The van der Waals surface area contributed by atoms with Crippen LogP contribution < -0.4 is 4.74 Å². The number of amides is 1. The van der Waals surface area contributed by atoms with Crippen LogP contribution in [-0.4, -0.2) is 75.7 Å². The SMILES string of the molecule is C1COC1.Cn1c(CN2CCN(C(=O)c3cccc(COc4ccc(C#N)cc4F)c3)CC2)nc2ccc(C(=O)O)cc21. The van der Waals surface area contributed by atoms with Gasteiger partial charge in [-0.3, -0.25) is 9.69 Å². The minimum Gasteiger partial charge on any atom is -0.486 e. The number of aromatic carboxylic acids is 1. The van der Waals surface area contributed by atoms with E-state index < -0.39 is 11.8 Å². The van der Waals surface area contributed by atoms with Gasteiger partial charge in [0.2, 0.25) is 0 Å². The molecule has 11 heteroatoms. The van der Waals surface area contributed by atoms with E-state index in [0.29, 0.717) is 38.3 Å². The van der Waals surface area contributed by atoms with Crippen LogP contribution in [0.2, 0.25) is 0 Å². The fourth-order valence-corrected chi connectivity index (χ4v) is 4.79. The summed E-state index contributed by atoms with van der Waals surface area (Å²) in [4.78, 5) is 33.2. The van der Waals surface area contributed by atoms with Crippen molar-refractivity contribution in [2.24, 2.45) is 7.05 Å². The van der Waals surface area contributed by atoms with Crippen LogP contribution in [-0.2, 0) is 24.9 Å². The van der Waals surface area contributed by atoms with Crippen LogP contribution in [0.5, 0.6) is 5.75 Å². The van der Waals surface area contributed by atoms with Crippen molar-refractivity contribution < 1.29 is 28.6 Å². The van der Waals surface area contributed by atoms with Gasteiger partial charge in [-0.15, -0.1) is 0 Å². The predicted molar refractivity (Wildman–Crippen MR) is 156 cm³/mol. The van der Waals surface area contributed by atoms with E-state index in [1.807, 2.05) is 28.7 Å². The van der Waals surface area contributed by atoms with E-state index in [1.54, 1.807) is 36.4 Å². The number of hydrogen-bond acceptors (Lipinski definition) is 7. The highest BCUT2D eigenvalue weighted by molar-refractivity contribution is 5.94. The lowest BCUT2D eigenvalue weighted by Gasteiger charge is -2.34. The Kier molecular flexibility index (Phi) is 9.29. The van der Waals surface area contributed by atoms with Crippen LogP contribution >= 0.6 is 0 Å². The first-order valence-corrected chi connectivity index (χ1v) is 14.0. The first-order chi connectivity index (χ1) is 20.8. The Morgan fingerprint density at radius 2 is 1.79 bits per heavy atom. The number of ether oxygens (including phenoxy) is 2. The summed E-state index contributed by atoms with van der Waals surface area (Å²) in [5.41, 5.74) is 3.23. The van der Waals surface area contributed by atoms with Crippen LogP contribution in [0.1, 0.15) is 44.1 Å². The maximum absolute atomic E-state index is 14.1. The monoisotopic (exact) mass is 585 g/mol. The largest absolute Gasteiger partial charge is 0.486 e. The summed E-state index contributed by atoms with van der Waals surface area (Å²) in [6, 6.07) is 17.9. The van der Waals surface area contributed by atoms with Crippen molar-refractivity contribution in [3.05, 3.63) is 94.6 Å². The molecule has 0 bridgehead atoms. The Morgan fingerprint density at radius 3 is 2.44 bits per heavy atom. The second-order valence-electron chi connectivity index (χ2n) is 10.4. The molecule has 0 saturated carbocycles. The third-order valence-electron chi connectivity index (χ3n) is 7.45. The van der Waals surface area contributed by atoms with Crippen LogP contribution in [0.15, 0.2) is 60.7 Å². The minimum absolute atomic E-state index is 0.0461. The Morgan fingerprint density at radius 1 is 1.05 bits per heavy atom. The molecule has 0 unspecified atom stereocenters. The third-order valence-corrected chi connectivity index (χ3v) is 7.45. The Labute approximate surface area is 248 Å². The highest BCUT2D eigenvalue weighted by Crippen LogP contribution is 2.21. The molecule has 0 atom stereocenters. The first-order valence-electron chi connectivity index (χ1n) is 14.0. The van der Waals surface area contributed by atoms with Crippen molar-refractivity contribution in [1.29, 1.82) is 5.26 Å². The predicted octanol–water partition coefficient (Wildman–Crippen LogP) is 4.23. The van der Waals surface area contributed by atoms with E-state index in [-0.39, 0.29) is 29.4 Å². The zero-order chi connectivity index (χ0) is 30.3. The molecule has 2 fully saturated rings. The summed E-state index contributed by atoms with van der Waals surface area (Å²) < 4.78 is 26.3. The zero-order valence-electron chi connectivity index (χ0n) is 23.8. The Bertz CT molecular complexity index is 1660.